The van der Waals surface area contributed by atoms with Crippen LogP contribution in [0.2, 0.25) is 0 Å². The van der Waals surface area contributed by atoms with Crippen molar-refractivity contribution in [2.75, 3.05) is 19.6 Å². The summed E-state index contributed by atoms with van der Waals surface area (Å²) in [5, 5.41) is 15.3. The van der Waals surface area contributed by atoms with Gasteiger partial charge in [0.05, 0.1) is 5.56 Å². The number of amides is 1. The van der Waals surface area contributed by atoms with Crippen molar-refractivity contribution < 1.29 is 19.4 Å². The molecule has 2 N–H and O–H groups in total. The number of carbonyl (C=O) groups excluding carboxylic acids is 1. The molecule has 1 amide bonds. The van der Waals surface area contributed by atoms with Crippen LogP contribution in [0.4, 0.5) is 4.79 Å². The molecule has 0 unspecified atom stereocenters. The molecule has 1 aliphatic heterocycles. The number of fused-ring (bicyclic) bond motifs is 1. The van der Waals surface area contributed by atoms with Crippen molar-refractivity contribution in [2.24, 2.45) is 5.92 Å². The van der Waals surface area contributed by atoms with Gasteiger partial charge in [0, 0.05) is 31.6 Å². The molecule has 6 heteroatoms. The van der Waals surface area contributed by atoms with Crippen LogP contribution >= 0.6 is 0 Å². The summed E-state index contributed by atoms with van der Waals surface area (Å²) in [7, 11) is 0. The number of nitrogens with zero attached hydrogens (tertiary/aromatic N) is 1. The van der Waals surface area contributed by atoms with Gasteiger partial charge in [0.25, 0.3) is 0 Å². The molecule has 3 atom stereocenters. The topological polar surface area (TPSA) is 78.9 Å². The van der Waals surface area contributed by atoms with Gasteiger partial charge in [0.15, 0.2) is 0 Å². The number of aryl methyl sites for hydroxylation is 1. The first-order valence-electron chi connectivity index (χ1n) is 13.0. The van der Waals surface area contributed by atoms with E-state index in [0.717, 1.165) is 6.54 Å². The van der Waals surface area contributed by atoms with Crippen molar-refractivity contribution in [3.63, 3.8) is 0 Å². The number of carbonyl (C=O) groups is 2. The minimum Gasteiger partial charge on any atom is -0.478 e. The van der Waals surface area contributed by atoms with Crippen LogP contribution in [0.1, 0.15) is 45.9 Å². The van der Waals surface area contributed by atoms with E-state index < -0.39 is 12.1 Å². The third kappa shape index (κ3) is 5.55. The van der Waals surface area contributed by atoms with E-state index in [2.05, 4.69) is 85.9 Å². The molecule has 4 aromatic rings. The standard InChI is InChI=1S/C32H32N2O4/c1-21-7-5-10-25(17-21)30-20-34(32(37)38-27-15-13-24(14-16-27)31(35)36)19-26(30)18-33-22(2)28-12-6-9-23-8-3-4-11-29(23)28/h3-17,22,26,30,33H,18-20H2,1-2H3,(H,35,36)/t22-,26+,30-/m1/s1. The maximum atomic E-state index is 13.1. The molecular weight excluding hydrogens is 476 g/mol. The van der Waals surface area contributed by atoms with Crippen molar-refractivity contribution in [1.82, 2.24) is 10.2 Å². The van der Waals surface area contributed by atoms with Gasteiger partial charge >= 0.3 is 12.1 Å². The van der Waals surface area contributed by atoms with Crippen molar-refractivity contribution in [3.05, 3.63) is 113 Å². The predicted octanol–water partition coefficient (Wildman–Crippen LogP) is 6.41. The van der Waals surface area contributed by atoms with E-state index >= 15 is 0 Å². The van der Waals surface area contributed by atoms with Crippen molar-refractivity contribution in [2.45, 2.75) is 25.8 Å². The Bertz CT molecular complexity index is 1440. The Labute approximate surface area is 222 Å². The number of benzene rings is 4. The van der Waals surface area contributed by atoms with Crippen LogP contribution in [0.3, 0.4) is 0 Å². The number of rotatable bonds is 7. The Balaban J connectivity index is 1.31. The lowest BCUT2D eigenvalue weighted by atomic mass is 9.88. The van der Waals surface area contributed by atoms with E-state index in [1.807, 2.05) is 0 Å². The van der Waals surface area contributed by atoms with Gasteiger partial charge in [0.2, 0.25) is 0 Å². The highest BCUT2D eigenvalue weighted by molar-refractivity contribution is 5.88. The first kappa shape index (κ1) is 25.5. The van der Waals surface area contributed by atoms with Crippen LogP contribution in [0.25, 0.3) is 10.8 Å². The number of hydrogen-bond acceptors (Lipinski definition) is 4. The number of hydrogen-bond donors (Lipinski definition) is 2. The van der Waals surface area contributed by atoms with Crippen molar-refractivity contribution in [1.29, 1.82) is 0 Å². The number of likely N-dealkylation sites (tertiary alicyclic amines) is 1. The van der Waals surface area contributed by atoms with Gasteiger partial charge in [-0.3, -0.25) is 0 Å². The molecule has 0 bridgehead atoms. The lowest BCUT2D eigenvalue weighted by Gasteiger charge is -2.23. The van der Waals surface area contributed by atoms with Crippen LogP contribution in [0.15, 0.2) is 91.0 Å². The average Bonchev–Trinajstić information content (AvgIpc) is 3.36. The van der Waals surface area contributed by atoms with E-state index in [4.69, 9.17) is 9.84 Å². The summed E-state index contributed by atoms with van der Waals surface area (Å²) in [6, 6.07) is 29.4. The second-order valence-electron chi connectivity index (χ2n) is 10.1. The summed E-state index contributed by atoms with van der Waals surface area (Å²) < 4.78 is 5.61. The summed E-state index contributed by atoms with van der Waals surface area (Å²) in [4.78, 5) is 26.0. The van der Waals surface area contributed by atoms with Crippen LogP contribution in [0, 0.1) is 12.8 Å². The molecule has 0 saturated carbocycles. The molecule has 1 saturated heterocycles. The predicted molar refractivity (Wildman–Crippen MR) is 149 cm³/mol. The van der Waals surface area contributed by atoms with Gasteiger partial charge in [0.1, 0.15) is 5.75 Å². The fraction of sp³-hybridized carbons (Fsp3) is 0.250. The van der Waals surface area contributed by atoms with Gasteiger partial charge in [-0.15, -0.1) is 0 Å². The molecule has 0 spiro atoms. The van der Waals surface area contributed by atoms with Gasteiger partial charge in [-0.25, -0.2) is 9.59 Å². The first-order valence-corrected chi connectivity index (χ1v) is 13.0. The zero-order valence-corrected chi connectivity index (χ0v) is 21.6. The first-order chi connectivity index (χ1) is 18.4. The molecular formula is C32H32N2O4. The van der Waals surface area contributed by atoms with E-state index in [1.165, 1.54) is 51.7 Å². The van der Waals surface area contributed by atoms with E-state index in [9.17, 15) is 9.59 Å². The highest BCUT2D eigenvalue weighted by Gasteiger charge is 2.37. The largest absolute Gasteiger partial charge is 0.478 e. The molecule has 1 heterocycles. The number of ether oxygens (including phenoxy) is 1. The van der Waals surface area contributed by atoms with E-state index in [-0.39, 0.29) is 23.4 Å². The molecule has 6 nitrogen and oxygen atoms in total. The molecule has 4 aromatic carbocycles. The summed E-state index contributed by atoms with van der Waals surface area (Å²) in [5.41, 5.74) is 3.82. The lowest BCUT2D eigenvalue weighted by molar-refractivity contribution is 0.0697. The number of nitrogens with one attached hydrogen (secondary N) is 1. The normalized spacial score (nSPS) is 17.9. The smallest absolute Gasteiger partial charge is 0.415 e. The minimum atomic E-state index is -1.02. The SMILES string of the molecule is Cc1cccc([C@H]2CN(C(=O)Oc3ccc(C(=O)O)cc3)C[C@@H]2CN[C@H](C)c2cccc3ccccc23)c1. The molecule has 1 fully saturated rings. The summed E-state index contributed by atoms with van der Waals surface area (Å²) in [6.45, 7) is 6.15. The summed E-state index contributed by atoms with van der Waals surface area (Å²) in [6.07, 6.45) is -0.421. The van der Waals surface area contributed by atoms with Crippen LogP contribution in [-0.2, 0) is 0 Å². The molecule has 0 aromatic heterocycles. The fourth-order valence-electron chi connectivity index (χ4n) is 5.40. The third-order valence-corrected chi connectivity index (χ3v) is 7.45. The summed E-state index contributed by atoms with van der Waals surface area (Å²) >= 11 is 0. The summed E-state index contributed by atoms with van der Waals surface area (Å²) in [5.74, 6) is -0.310. The highest BCUT2D eigenvalue weighted by Crippen LogP contribution is 2.34. The van der Waals surface area contributed by atoms with Gasteiger partial charge in [-0.1, -0.05) is 72.3 Å². The Hall–Kier alpha value is -4.16. The number of carboxylic acid groups (broad SMARTS) is 1. The number of carboxylic acids is 1. The van der Waals surface area contributed by atoms with E-state index in [0.29, 0.717) is 18.8 Å². The van der Waals surface area contributed by atoms with Gasteiger partial charge < -0.3 is 20.1 Å². The van der Waals surface area contributed by atoms with Gasteiger partial charge in [-0.2, -0.15) is 0 Å². The van der Waals surface area contributed by atoms with Crippen LogP contribution in [0.5, 0.6) is 5.75 Å². The van der Waals surface area contributed by atoms with Gasteiger partial charge in [-0.05, 0) is 65.9 Å². The van der Waals surface area contributed by atoms with E-state index in [1.54, 1.807) is 4.90 Å². The molecule has 38 heavy (non-hydrogen) atoms. The Kier molecular flexibility index (Phi) is 7.43. The Morgan fingerprint density at radius 3 is 2.47 bits per heavy atom. The molecule has 5 rings (SSSR count). The monoisotopic (exact) mass is 508 g/mol. The Morgan fingerprint density at radius 1 is 0.974 bits per heavy atom. The lowest BCUT2D eigenvalue weighted by Crippen LogP contribution is -2.33. The minimum absolute atomic E-state index is 0.146. The third-order valence-electron chi connectivity index (χ3n) is 7.45. The van der Waals surface area contributed by atoms with Crippen molar-refractivity contribution in [3.8, 4) is 5.75 Å². The molecule has 194 valence electrons. The second-order valence-corrected chi connectivity index (χ2v) is 10.1. The maximum Gasteiger partial charge on any atom is 0.415 e. The fourth-order valence-corrected chi connectivity index (χ4v) is 5.40. The molecule has 1 aliphatic rings. The Morgan fingerprint density at radius 2 is 1.71 bits per heavy atom. The zero-order chi connectivity index (χ0) is 26.6. The van der Waals surface area contributed by atoms with Crippen LogP contribution in [-0.4, -0.2) is 41.7 Å². The zero-order valence-electron chi connectivity index (χ0n) is 21.6. The molecule has 0 radical (unpaired) electrons. The average molecular weight is 509 g/mol. The van der Waals surface area contributed by atoms with Crippen molar-refractivity contribution >= 4 is 22.8 Å². The van der Waals surface area contributed by atoms with Crippen LogP contribution < -0.4 is 10.1 Å². The quantitative estimate of drug-likeness (QED) is 0.302. The molecule has 0 aliphatic carbocycles. The maximum absolute atomic E-state index is 13.1. The second kappa shape index (κ2) is 11.1. The number of aromatic carboxylic acids is 1. The highest BCUT2D eigenvalue weighted by atomic mass is 16.6.